The van der Waals surface area contributed by atoms with Crippen LogP contribution in [0.25, 0.3) is 0 Å². The van der Waals surface area contributed by atoms with Crippen molar-refractivity contribution in [2.75, 3.05) is 19.1 Å². The van der Waals surface area contributed by atoms with E-state index in [1.165, 1.54) is 0 Å². The van der Waals surface area contributed by atoms with E-state index in [-0.39, 0.29) is 5.91 Å². The lowest BCUT2D eigenvalue weighted by Gasteiger charge is -2.23. The third-order valence-electron chi connectivity index (χ3n) is 4.09. The topological polar surface area (TPSA) is 38.8 Å². The Labute approximate surface area is 157 Å². The van der Waals surface area contributed by atoms with E-state index in [0.29, 0.717) is 13.0 Å². The number of amides is 1. The predicted octanol–water partition coefficient (Wildman–Crippen LogP) is 4.54. The van der Waals surface area contributed by atoms with Gasteiger partial charge in [-0.15, -0.1) is 11.3 Å². The molecule has 1 aromatic heterocycles. The number of benzene rings is 2. The Morgan fingerprint density at radius 1 is 0.923 bits per heavy atom. The van der Waals surface area contributed by atoms with E-state index in [2.05, 4.69) is 0 Å². The Morgan fingerprint density at radius 2 is 1.54 bits per heavy atom. The highest BCUT2D eigenvalue weighted by Crippen LogP contribution is 2.24. The summed E-state index contributed by atoms with van der Waals surface area (Å²) in [6.45, 7) is 0.555. The van der Waals surface area contributed by atoms with E-state index in [4.69, 9.17) is 9.47 Å². The van der Waals surface area contributed by atoms with Crippen molar-refractivity contribution in [1.82, 2.24) is 0 Å². The van der Waals surface area contributed by atoms with Crippen LogP contribution >= 0.6 is 11.3 Å². The van der Waals surface area contributed by atoms with Gasteiger partial charge in [0, 0.05) is 10.6 Å². The highest BCUT2D eigenvalue weighted by atomic mass is 32.1. The van der Waals surface area contributed by atoms with Crippen LogP contribution in [0.4, 0.5) is 5.69 Å². The Bertz CT molecular complexity index is 827. The van der Waals surface area contributed by atoms with Crippen molar-refractivity contribution >= 4 is 22.9 Å². The van der Waals surface area contributed by atoms with E-state index in [0.717, 1.165) is 27.6 Å². The van der Waals surface area contributed by atoms with Gasteiger partial charge < -0.3 is 14.4 Å². The Morgan fingerprint density at radius 3 is 2.08 bits per heavy atom. The summed E-state index contributed by atoms with van der Waals surface area (Å²) in [6, 6.07) is 19.2. The minimum Gasteiger partial charge on any atom is -0.497 e. The standard InChI is InChI=1S/C21H21NO3S/c1-24-18-9-5-16(6-10-18)14-21(23)22(15-20-4-3-13-26-20)17-7-11-19(25-2)12-8-17/h3-13H,14-15H2,1-2H3. The van der Waals surface area contributed by atoms with Crippen LogP contribution in [0.15, 0.2) is 66.0 Å². The normalized spacial score (nSPS) is 10.4. The average molecular weight is 367 g/mol. The molecule has 3 aromatic rings. The summed E-state index contributed by atoms with van der Waals surface area (Å²) in [5, 5.41) is 2.02. The summed E-state index contributed by atoms with van der Waals surface area (Å²) in [5.41, 5.74) is 1.82. The van der Waals surface area contributed by atoms with Gasteiger partial charge in [0.2, 0.25) is 5.91 Å². The molecule has 0 radical (unpaired) electrons. The van der Waals surface area contributed by atoms with E-state index >= 15 is 0 Å². The molecule has 3 rings (SSSR count). The van der Waals surface area contributed by atoms with Gasteiger partial charge >= 0.3 is 0 Å². The second-order valence-corrected chi connectivity index (χ2v) is 6.81. The van der Waals surface area contributed by atoms with Crippen LogP contribution in [-0.2, 0) is 17.8 Å². The van der Waals surface area contributed by atoms with Crippen molar-refractivity contribution in [3.05, 3.63) is 76.5 Å². The van der Waals surface area contributed by atoms with Gasteiger partial charge in [-0.05, 0) is 53.4 Å². The SMILES string of the molecule is COc1ccc(CC(=O)N(Cc2cccs2)c2ccc(OC)cc2)cc1. The summed E-state index contributed by atoms with van der Waals surface area (Å²) in [4.78, 5) is 16.0. The zero-order valence-electron chi connectivity index (χ0n) is 14.8. The predicted molar refractivity (Wildman–Crippen MR) is 105 cm³/mol. The summed E-state index contributed by atoms with van der Waals surface area (Å²) in [7, 11) is 3.26. The molecule has 0 aliphatic carbocycles. The fraction of sp³-hybridized carbons (Fsp3) is 0.190. The molecule has 0 atom stereocenters. The molecule has 0 unspecified atom stereocenters. The number of carbonyl (C=O) groups is 1. The first-order valence-electron chi connectivity index (χ1n) is 8.29. The number of carbonyl (C=O) groups excluding carboxylic acids is 1. The molecule has 0 aliphatic heterocycles. The first-order valence-corrected chi connectivity index (χ1v) is 9.17. The van der Waals surface area contributed by atoms with Crippen LogP contribution in [0.3, 0.4) is 0 Å². The van der Waals surface area contributed by atoms with Crippen molar-refractivity contribution < 1.29 is 14.3 Å². The highest BCUT2D eigenvalue weighted by molar-refractivity contribution is 7.09. The zero-order valence-corrected chi connectivity index (χ0v) is 15.7. The quantitative estimate of drug-likeness (QED) is 0.615. The van der Waals surface area contributed by atoms with E-state index in [1.54, 1.807) is 25.6 Å². The number of ether oxygens (including phenoxy) is 2. The molecule has 0 bridgehead atoms. The Hall–Kier alpha value is -2.79. The number of nitrogens with zero attached hydrogens (tertiary/aromatic N) is 1. The van der Waals surface area contributed by atoms with Crippen molar-refractivity contribution in [2.45, 2.75) is 13.0 Å². The maximum absolute atomic E-state index is 13.0. The van der Waals surface area contributed by atoms with Crippen molar-refractivity contribution in [1.29, 1.82) is 0 Å². The third kappa shape index (κ3) is 4.43. The van der Waals surface area contributed by atoms with Gasteiger partial charge in [-0.2, -0.15) is 0 Å². The van der Waals surface area contributed by atoms with E-state index in [9.17, 15) is 4.79 Å². The van der Waals surface area contributed by atoms with Crippen molar-refractivity contribution in [3.63, 3.8) is 0 Å². The highest BCUT2D eigenvalue weighted by Gasteiger charge is 2.17. The first-order chi connectivity index (χ1) is 12.7. The van der Waals surface area contributed by atoms with Gasteiger partial charge in [0.15, 0.2) is 0 Å². The number of hydrogen-bond donors (Lipinski definition) is 0. The van der Waals surface area contributed by atoms with Crippen LogP contribution in [0.1, 0.15) is 10.4 Å². The van der Waals surface area contributed by atoms with Gasteiger partial charge in [0.1, 0.15) is 11.5 Å². The lowest BCUT2D eigenvalue weighted by molar-refractivity contribution is -0.118. The van der Waals surface area contributed by atoms with Gasteiger partial charge in [-0.1, -0.05) is 18.2 Å². The molecule has 5 heteroatoms. The molecule has 0 aliphatic rings. The summed E-state index contributed by atoms with van der Waals surface area (Å²) >= 11 is 1.65. The zero-order chi connectivity index (χ0) is 18.4. The average Bonchev–Trinajstić information content (AvgIpc) is 3.20. The lowest BCUT2D eigenvalue weighted by atomic mass is 10.1. The van der Waals surface area contributed by atoms with Gasteiger partial charge in [0.05, 0.1) is 27.2 Å². The van der Waals surface area contributed by atoms with Crippen LogP contribution in [0.5, 0.6) is 11.5 Å². The van der Waals surface area contributed by atoms with Crippen molar-refractivity contribution in [2.24, 2.45) is 0 Å². The van der Waals surface area contributed by atoms with Crippen LogP contribution in [-0.4, -0.2) is 20.1 Å². The number of methoxy groups -OCH3 is 2. The number of hydrogen-bond acceptors (Lipinski definition) is 4. The smallest absolute Gasteiger partial charge is 0.231 e. The van der Waals surface area contributed by atoms with Crippen LogP contribution in [0, 0.1) is 0 Å². The van der Waals surface area contributed by atoms with Crippen LogP contribution < -0.4 is 14.4 Å². The molecule has 0 saturated carbocycles. The molecule has 134 valence electrons. The molecule has 0 N–H and O–H groups in total. The maximum atomic E-state index is 13.0. The van der Waals surface area contributed by atoms with Gasteiger partial charge in [0.25, 0.3) is 0 Å². The molecule has 4 nitrogen and oxygen atoms in total. The first kappa shape index (κ1) is 18.0. The molecule has 2 aromatic carbocycles. The lowest BCUT2D eigenvalue weighted by Crippen LogP contribution is -2.31. The number of thiophene rings is 1. The summed E-state index contributed by atoms with van der Waals surface area (Å²) in [6.07, 6.45) is 0.335. The molecular weight excluding hydrogens is 346 g/mol. The van der Waals surface area contributed by atoms with Gasteiger partial charge in [-0.25, -0.2) is 0 Å². The Kier molecular flexibility index (Phi) is 5.92. The fourth-order valence-electron chi connectivity index (χ4n) is 2.66. The molecular formula is C21H21NO3S. The van der Waals surface area contributed by atoms with Crippen LogP contribution in [0.2, 0.25) is 0 Å². The molecule has 0 saturated heterocycles. The van der Waals surface area contributed by atoms with Gasteiger partial charge in [-0.3, -0.25) is 4.79 Å². The minimum atomic E-state index is 0.0498. The molecule has 0 fully saturated rings. The third-order valence-corrected chi connectivity index (χ3v) is 4.95. The molecule has 0 spiro atoms. The minimum absolute atomic E-state index is 0.0498. The summed E-state index contributed by atoms with van der Waals surface area (Å²) in [5.74, 6) is 1.60. The second-order valence-electron chi connectivity index (χ2n) is 5.78. The van der Waals surface area contributed by atoms with E-state index < -0.39 is 0 Å². The van der Waals surface area contributed by atoms with Crippen molar-refractivity contribution in [3.8, 4) is 11.5 Å². The fourth-order valence-corrected chi connectivity index (χ4v) is 3.35. The molecule has 26 heavy (non-hydrogen) atoms. The Balaban J connectivity index is 1.81. The number of rotatable bonds is 7. The molecule has 1 amide bonds. The van der Waals surface area contributed by atoms with E-state index in [1.807, 2.05) is 70.9 Å². The molecule has 1 heterocycles. The monoisotopic (exact) mass is 367 g/mol. The summed E-state index contributed by atoms with van der Waals surface area (Å²) < 4.78 is 10.4. The maximum Gasteiger partial charge on any atom is 0.231 e. The largest absolute Gasteiger partial charge is 0.497 e. The second kappa shape index (κ2) is 8.54. The number of anilines is 1.